The zero-order valence-corrected chi connectivity index (χ0v) is 11.2. The highest BCUT2D eigenvalue weighted by Crippen LogP contribution is 2.16. The quantitative estimate of drug-likeness (QED) is 0.845. The van der Waals surface area contributed by atoms with Crippen molar-refractivity contribution in [2.75, 3.05) is 37.7 Å². The first-order valence-corrected chi connectivity index (χ1v) is 6.65. The van der Waals surface area contributed by atoms with Gasteiger partial charge in [-0.1, -0.05) is 6.92 Å². The number of nitrogens with zero attached hydrogens (tertiary/aromatic N) is 4. The molecule has 1 aromatic rings. The highest BCUT2D eigenvalue weighted by Gasteiger charge is 2.24. The Morgan fingerprint density at radius 3 is 2.89 bits per heavy atom. The molecule has 0 spiro atoms. The second-order valence-corrected chi connectivity index (χ2v) is 4.78. The Bertz CT molecular complexity index is 385. The minimum Gasteiger partial charge on any atom is -0.395 e. The number of β-amino-alcohol motifs (C(OH)–C–C–N with tert-alkyl or cyclic N) is 1. The van der Waals surface area contributed by atoms with Crippen LogP contribution in [-0.4, -0.2) is 58.8 Å². The number of rotatable bonds is 4. The third-order valence-electron chi connectivity index (χ3n) is 3.51. The zero-order valence-electron chi connectivity index (χ0n) is 11.2. The molecule has 0 aromatic carbocycles. The number of aliphatic hydroxyl groups excluding tert-OH is 1. The number of aliphatic hydroxyl groups is 1. The molecule has 1 fully saturated rings. The van der Waals surface area contributed by atoms with Gasteiger partial charge in [-0.2, -0.15) is 0 Å². The Hall–Kier alpha value is -1.20. The van der Waals surface area contributed by atoms with E-state index in [1.165, 1.54) is 0 Å². The summed E-state index contributed by atoms with van der Waals surface area (Å²) in [7, 11) is 0. The van der Waals surface area contributed by atoms with E-state index in [9.17, 15) is 0 Å². The Kier molecular flexibility index (Phi) is 4.49. The molecule has 0 bridgehead atoms. The third-order valence-corrected chi connectivity index (χ3v) is 3.51. The van der Waals surface area contributed by atoms with Crippen LogP contribution >= 0.6 is 0 Å². The van der Waals surface area contributed by atoms with E-state index in [2.05, 4.69) is 33.6 Å². The second kappa shape index (κ2) is 6.11. The lowest BCUT2D eigenvalue weighted by Crippen LogP contribution is -2.52. The van der Waals surface area contributed by atoms with Crippen molar-refractivity contribution in [1.29, 1.82) is 0 Å². The second-order valence-electron chi connectivity index (χ2n) is 4.78. The van der Waals surface area contributed by atoms with Crippen LogP contribution in [0.25, 0.3) is 0 Å². The van der Waals surface area contributed by atoms with Crippen molar-refractivity contribution in [2.24, 2.45) is 0 Å². The van der Waals surface area contributed by atoms with Crippen molar-refractivity contribution in [3.8, 4) is 0 Å². The lowest BCUT2D eigenvalue weighted by molar-refractivity contribution is 0.146. The molecular weight excluding hydrogens is 228 g/mol. The van der Waals surface area contributed by atoms with Gasteiger partial charge in [-0.15, -0.1) is 0 Å². The van der Waals surface area contributed by atoms with Crippen LogP contribution in [-0.2, 0) is 6.42 Å². The van der Waals surface area contributed by atoms with E-state index in [-0.39, 0.29) is 6.61 Å². The first-order chi connectivity index (χ1) is 8.74. The Labute approximate surface area is 108 Å². The van der Waals surface area contributed by atoms with Crippen LogP contribution in [0.4, 0.5) is 5.82 Å². The third kappa shape index (κ3) is 2.97. The minimum absolute atomic E-state index is 0.232. The van der Waals surface area contributed by atoms with Crippen LogP contribution in [0.3, 0.4) is 0 Å². The number of anilines is 1. The van der Waals surface area contributed by atoms with E-state index in [1.807, 2.05) is 12.4 Å². The molecule has 5 nitrogen and oxygen atoms in total. The fraction of sp³-hybridized carbons (Fsp3) is 0.692. The van der Waals surface area contributed by atoms with Crippen molar-refractivity contribution in [2.45, 2.75) is 26.3 Å². The maximum Gasteiger partial charge on any atom is 0.147 e. The molecule has 0 amide bonds. The van der Waals surface area contributed by atoms with E-state index < -0.39 is 0 Å². The first kappa shape index (κ1) is 13.2. The number of aryl methyl sites for hydroxylation is 1. The fourth-order valence-corrected chi connectivity index (χ4v) is 2.38. The smallest absolute Gasteiger partial charge is 0.147 e. The van der Waals surface area contributed by atoms with E-state index >= 15 is 0 Å². The van der Waals surface area contributed by atoms with Gasteiger partial charge < -0.3 is 10.0 Å². The lowest BCUT2D eigenvalue weighted by atomic mass is 10.2. The Balaban J connectivity index is 2.02. The van der Waals surface area contributed by atoms with Gasteiger partial charge in [0.15, 0.2) is 0 Å². The summed E-state index contributed by atoms with van der Waals surface area (Å²) in [6.07, 6.45) is 4.59. The molecule has 1 aliphatic rings. The van der Waals surface area contributed by atoms with Gasteiger partial charge in [0.25, 0.3) is 0 Å². The number of aromatic nitrogens is 2. The molecule has 1 saturated heterocycles. The van der Waals surface area contributed by atoms with Crippen LogP contribution in [0, 0.1) is 0 Å². The average molecular weight is 250 g/mol. The summed E-state index contributed by atoms with van der Waals surface area (Å²) < 4.78 is 0. The van der Waals surface area contributed by atoms with Crippen molar-refractivity contribution in [1.82, 2.24) is 14.9 Å². The summed E-state index contributed by atoms with van der Waals surface area (Å²) >= 11 is 0. The van der Waals surface area contributed by atoms with E-state index in [4.69, 9.17) is 5.11 Å². The van der Waals surface area contributed by atoms with Crippen LogP contribution in [0.15, 0.2) is 12.4 Å². The van der Waals surface area contributed by atoms with Gasteiger partial charge in [-0.25, -0.2) is 4.98 Å². The standard InChI is InChI=1S/C13H22N4O/c1-3-12-8-14-9-13(15-12)17-5-4-16(6-7-18)11(2)10-17/h8-9,11,18H,3-7,10H2,1-2H3/t11-/m0/s1. The first-order valence-electron chi connectivity index (χ1n) is 6.65. The molecule has 0 aliphatic carbocycles. The van der Waals surface area contributed by atoms with Gasteiger partial charge in [0.1, 0.15) is 5.82 Å². The SMILES string of the molecule is CCc1cncc(N2CCN(CCO)[C@@H](C)C2)n1. The van der Waals surface area contributed by atoms with Gasteiger partial charge in [0.05, 0.1) is 18.5 Å². The van der Waals surface area contributed by atoms with Crippen LogP contribution in [0.1, 0.15) is 19.5 Å². The molecule has 0 unspecified atom stereocenters. The summed E-state index contributed by atoms with van der Waals surface area (Å²) in [6.45, 7) is 8.15. The average Bonchev–Trinajstić information content (AvgIpc) is 2.41. The maximum absolute atomic E-state index is 9.01. The van der Waals surface area contributed by atoms with Crippen LogP contribution in [0.5, 0.6) is 0 Å². The van der Waals surface area contributed by atoms with Gasteiger partial charge in [-0.05, 0) is 13.3 Å². The van der Waals surface area contributed by atoms with Crippen molar-refractivity contribution >= 4 is 5.82 Å². The summed E-state index contributed by atoms with van der Waals surface area (Å²) in [5.74, 6) is 0.977. The van der Waals surface area contributed by atoms with Gasteiger partial charge in [0.2, 0.25) is 0 Å². The minimum atomic E-state index is 0.232. The van der Waals surface area contributed by atoms with Crippen molar-refractivity contribution in [3.63, 3.8) is 0 Å². The molecule has 1 atom stereocenters. The van der Waals surface area contributed by atoms with E-state index in [0.717, 1.165) is 44.1 Å². The Morgan fingerprint density at radius 2 is 2.22 bits per heavy atom. The zero-order chi connectivity index (χ0) is 13.0. The molecule has 0 saturated carbocycles. The predicted molar refractivity (Wildman–Crippen MR) is 71.7 cm³/mol. The Morgan fingerprint density at radius 1 is 1.39 bits per heavy atom. The number of hydrogen-bond donors (Lipinski definition) is 1. The summed E-state index contributed by atoms with van der Waals surface area (Å²) in [5.41, 5.74) is 1.04. The molecule has 0 radical (unpaired) electrons. The molecule has 18 heavy (non-hydrogen) atoms. The fourth-order valence-electron chi connectivity index (χ4n) is 2.38. The molecular formula is C13H22N4O. The number of piperazine rings is 1. The summed E-state index contributed by atoms with van der Waals surface area (Å²) in [4.78, 5) is 13.5. The van der Waals surface area contributed by atoms with Crippen molar-refractivity contribution < 1.29 is 5.11 Å². The predicted octanol–water partition coefficient (Wildman–Crippen LogP) is 0.542. The maximum atomic E-state index is 9.01. The normalized spacial score (nSPS) is 21.3. The highest BCUT2D eigenvalue weighted by atomic mass is 16.3. The molecule has 1 aromatic heterocycles. The highest BCUT2D eigenvalue weighted by molar-refractivity contribution is 5.37. The molecule has 2 heterocycles. The lowest BCUT2D eigenvalue weighted by Gasteiger charge is -2.40. The summed E-state index contributed by atoms with van der Waals surface area (Å²) in [5, 5.41) is 9.01. The van der Waals surface area contributed by atoms with Crippen LogP contribution in [0.2, 0.25) is 0 Å². The van der Waals surface area contributed by atoms with E-state index in [1.54, 1.807) is 0 Å². The molecule has 1 aliphatic heterocycles. The van der Waals surface area contributed by atoms with Crippen molar-refractivity contribution in [3.05, 3.63) is 18.1 Å². The molecule has 5 heteroatoms. The van der Waals surface area contributed by atoms with E-state index in [0.29, 0.717) is 6.04 Å². The molecule has 2 rings (SSSR count). The van der Waals surface area contributed by atoms with Gasteiger partial charge >= 0.3 is 0 Å². The monoisotopic (exact) mass is 250 g/mol. The molecule has 100 valence electrons. The molecule has 1 N–H and O–H groups in total. The van der Waals surface area contributed by atoms with Gasteiger partial charge in [-0.3, -0.25) is 9.88 Å². The van der Waals surface area contributed by atoms with Crippen LogP contribution < -0.4 is 4.90 Å². The summed E-state index contributed by atoms with van der Waals surface area (Å²) in [6, 6.07) is 0.443. The topological polar surface area (TPSA) is 52.5 Å². The number of hydrogen-bond acceptors (Lipinski definition) is 5. The largest absolute Gasteiger partial charge is 0.395 e. The van der Waals surface area contributed by atoms with Gasteiger partial charge in [0, 0.05) is 38.4 Å².